The van der Waals surface area contributed by atoms with Crippen molar-refractivity contribution >= 4 is 5.57 Å². The number of allylic oxidation sites excluding steroid dienone is 4. The summed E-state index contributed by atoms with van der Waals surface area (Å²) in [6.45, 7) is 3.99. The van der Waals surface area contributed by atoms with Gasteiger partial charge in [0.2, 0.25) is 0 Å². The molecule has 1 aliphatic carbocycles. The van der Waals surface area contributed by atoms with E-state index in [0.29, 0.717) is 0 Å². The first-order chi connectivity index (χ1) is 6.29. The highest BCUT2D eigenvalue weighted by Crippen LogP contribution is 2.24. The van der Waals surface area contributed by atoms with E-state index in [1.54, 1.807) is 0 Å². The second kappa shape index (κ2) is 3.21. The third kappa shape index (κ3) is 1.44. The minimum Gasteiger partial charge on any atom is -0.361 e. The second-order valence-corrected chi connectivity index (χ2v) is 3.35. The molecule has 2 rings (SSSR count). The summed E-state index contributed by atoms with van der Waals surface area (Å²) in [6.07, 6.45) is 8.76. The predicted octanol–water partition coefficient (Wildman–Crippen LogP) is 3.02. The van der Waals surface area contributed by atoms with Crippen molar-refractivity contribution in [3.05, 3.63) is 35.2 Å². The molecule has 0 saturated heterocycles. The Balaban J connectivity index is 2.40. The lowest BCUT2D eigenvalue weighted by Gasteiger charge is -2.03. The van der Waals surface area contributed by atoms with Gasteiger partial charge in [0.1, 0.15) is 11.5 Å². The molecular formula is C11H13NO. The van der Waals surface area contributed by atoms with E-state index in [1.807, 2.05) is 13.8 Å². The minimum absolute atomic E-state index is 0.912. The zero-order chi connectivity index (χ0) is 9.26. The summed E-state index contributed by atoms with van der Waals surface area (Å²) in [5.41, 5.74) is 3.34. The number of hydrogen-bond acceptors (Lipinski definition) is 2. The Morgan fingerprint density at radius 3 is 2.69 bits per heavy atom. The molecule has 0 spiro atoms. The molecule has 2 nitrogen and oxygen atoms in total. The molecule has 2 heteroatoms. The molecule has 13 heavy (non-hydrogen) atoms. The van der Waals surface area contributed by atoms with Gasteiger partial charge in [0.15, 0.2) is 0 Å². The number of hydrogen-bond donors (Lipinski definition) is 0. The van der Waals surface area contributed by atoms with Gasteiger partial charge in [-0.15, -0.1) is 0 Å². The van der Waals surface area contributed by atoms with Crippen LogP contribution >= 0.6 is 0 Å². The molecule has 0 aliphatic heterocycles. The summed E-state index contributed by atoms with van der Waals surface area (Å²) < 4.78 is 5.12. The summed E-state index contributed by atoms with van der Waals surface area (Å²) in [4.78, 5) is 0. The molecule has 1 aromatic rings. The normalized spacial score (nSPS) is 16.0. The van der Waals surface area contributed by atoms with Crippen LogP contribution in [0.25, 0.3) is 5.57 Å². The Bertz CT molecular complexity index is 371. The van der Waals surface area contributed by atoms with E-state index in [0.717, 1.165) is 29.9 Å². The van der Waals surface area contributed by atoms with Gasteiger partial charge in [-0.3, -0.25) is 0 Å². The van der Waals surface area contributed by atoms with Crippen LogP contribution in [0.15, 0.2) is 22.8 Å². The van der Waals surface area contributed by atoms with Crippen molar-refractivity contribution in [1.82, 2.24) is 5.16 Å². The average Bonchev–Trinajstić information content (AvgIpc) is 2.49. The van der Waals surface area contributed by atoms with Crippen LogP contribution in [0.4, 0.5) is 0 Å². The maximum Gasteiger partial charge on any atom is 0.137 e. The summed E-state index contributed by atoms with van der Waals surface area (Å²) in [5.74, 6) is 0.912. The van der Waals surface area contributed by atoms with Crippen LogP contribution in [-0.2, 0) is 0 Å². The number of rotatable bonds is 1. The van der Waals surface area contributed by atoms with Crippen molar-refractivity contribution in [2.45, 2.75) is 26.7 Å². The van der Waals surface area contributed by atoms with Gasteiger partial charge in [0, 0.05) is 5.56 Å². The Kier molecular flexibility index (Phi) is 2.05. The fraction of sp³-hybridized carbons (Fsp3) is 0.364. The molecular weight excluding hydrogens is 162 g/mol. The van der Waals surface area contributed by atoms with E-state index in [9.17, 15) is 0 Å². The van der Waals surface area contributed by atoms with Crippen LogP contribution in [0.1, 0.15) is 29.9 Å². The first kappa shape index (κ1) is 8.30. The molecule has 1 aliphatic rings. The minimum atomic E-state index is 0.912. The van der Waals surface area contributed by atoms with E-state index in [-0.39, 0.29) is 0 Å². The van der Waals surface area contributed by atoms with Crippen LogP contribution in [0.2, 0.25) is 0 Å². The largest absolute Gasteiger partial charge is 0.361 e. The van der Waals surface area contributed by atoms with Crippen molar-refractivity contribution in [3.63, 3.8) is 0 Å². The highest BCUT2D eigenvalue weighted by atomic mass is 16.5. The summed E-state index contributed by atoms with van der Waals surface area (Å²) in [5, 5.41) is 4.04. The van der Waals surface area contributed by atoms with Crippen molar-refractivity contribution in [1.29, 1.82) is 0 Å². The molecule has 1 aromatic heterocycles. The van der Waals surface area contributed by atoms with E-state index in [4.69, 9.17) is 4.52 Å². The van der Waals surface area contributed by atoms with Crippen molar-refractivity contribution in [2.75, 3.05) is 0 Å². The third-order valence-electron chi connectivity index (χ3n) is 2.43. The maximum absolute atomic E-state index is 5.12. The lowest BCUT2D eigenvalue weighted by atomic mass is 10.0. The standard InChI is InChI=1S/C11H13NO/c1-8-9(2)13-12-11(8)10-6-4-3-5-7-10/h4,6-7H,3,5H2,1-2H3. The third-order valence-corrected chi connectivity index (χ3v) is 2.43. The molecule has 0 amide bonds. The zero-order valence-corrected chi connectivity index (χ0v) is 8.00. The van der Waals surface area contributed by atoms with Crippen LogP contribution in [0, 0.1) is 13.8 Å². The molecule has 0 atom stereocenters. The van der Waals surface area contributed by atoms with Gasteiger partial charge in [0.25, 0.3) is 0 Å². The summed E-state index contributed by atoms with van der Waals surface area (Å²) in [6, 6.07) is 0. The van der Waals surface area contributed by atoms with Gasteiger partial charge in [-0.05, 0) is 32.3 Å². The lowest BCUT2D eigenvalue weighted by molar-refractivity contribution is 0.395. The van der Waals surface area contributed by atoms with Gasteiger partial charge in [-0.1, -0.05) is 23.4 Å². The molecule has 68 valence electrons. The Morgan fingerprint density at radius 1 is 1.31 bits per heavy atom. The first-order valence-electron chi connectivity index (χ1n) is 4.59. The first-order valence-corrected chi connectivity index (χ1v) is 4.59. The fourth-order valence-corrected chi connectivity index (χ4v) is 1.48. The number of aromatic nitrogens is 1. The average molecular weight is 175 g/mol. The van der Waals surface area contributed by atoms with Crippen molar-refractivity contribution in [3.8, 4) is 0 Å². The highest BCUT2D eigenvalue weighted by molar-refractivity contribution is 5.74. The summed E-state index contributed by atoms with van der Waals surface area (Å²) >= 11 is 0. The number of aryl methyl sites for hydroxylation is 1. The Hall–Kier alpha value is -1.31. The molecule has 1 heterocycles. The Labute approximate surface area is 77.9 Å². The van der Waals surface area contributed by atoms with Gasteiger partial charge < -0.3 is 4.52 Å². The SMILES string of the molecule is Cc1onc(C2=CCCC=C2)c1C. The number of nitrogens with zero attached hydrogens (tertiary/aromatic N) is 1. The maximum atomic E-state index is 5.12. The van der Waals surface area contributed by atoms with Crippen LogP contribution in [0.3, 0.4) is 0 Å². The van der Waals surface area contributed by atoms with Gasteiger partial charge in [-0.25, -0.2) is 0 Å². The van der Waals surface area contributed by atoms with Crippen molar-refractivity contribution in [2.24, 2.45) is 0 Å². The highest BCUT2D eigenvalue weighted by Gasteiger charge is 2.11. The second-order valence-electron chi connectivity index (χ2n) is 3.35. The topological polar surface area (TPSA) is 26.0 Å². The van der Waals surface area contributed by atoms with E-state index in [1.165, 1.54) is 5.57 Å². The van der Waals surface area contributed by atoms with Crippen molar-refractivity contribution < 1.29 is 4.52 Å². The quantitative estimate of drug-likeness (QED) is 0.655. The molecule has 0 unspecified atom stereocenters. The van der Waals surface area contributed by atoms with Crippen LogP contribution in [-0.4, -0.2) is 5.16 Å². The monoisotopic (exact) mass is 175 g/mol. The van der Waals surface area contributed by atoms with Crippen LogP contribution < -0.4 is 0 Å². The summed E-state index contributed by atoms with van der Waals surface area (Å²) in [7, 11) is 0. The molecule has 0 radical (unpaired) electrons. The van der Waals surface area contributed by atoms with E-state index < -0.39 is 0 Å². The van der Waals surface area contributed by atoms with Gasteiger partial charge in [-0.2, -0.15) is 0 Å². The van der Waals surface area contributed by atoms with Gasteiger partial charge >= 0.3 is 0 Å². The van der Waals surface area contributed by atoms with E-state index in [2.05, 4.69) is 23.4 Å². The lowest BCUT2D eigenvalue weighted by Crippen LogP contribution is -1.88. The van der Waals surface area contributed by atoms with E-state index >= 15 is 0 Å². The predicted molar refractivity (Wildman–Crippen MR) is 52.3 cm³/mol. The molecule has 0 fully saturated rings. The molecule has 0 saturated carbocycles. The molecule has 0 N–H and O–H groups in total. The zero-order valence-electron chi connectivity index (χ0n) is 8.00. The molecule has 0 bridgehead atoms. The Morgan fingerprint density at radius 2 is 2.15 bits per heavy atom. The molecule has 0 aromatic carbocycles. The van der Waals surface area contributed by atoms with Gasteiger partial charge in [0.05, 0.1) is 0 Å². The van der Waals surface area contributed by atoms with Crippen LogP contribution in [0.5, 0.6) is 0 Å². The smallest absolute Gasteiger partial charge is 0.137 e. The fourth-order valence-electron chi connectivity index (χ4n) is 1.48.